The van der Waals surface area contributed by atoms with Crippen molar-refractivity contribution in [3.8, 4) is 0 Å². The molecule has 0 bridgehead atoms. The molecule has 0 radical (unpaired) electrons. The smallest absolute Gasteiger partial charge is 0.305 e. The molecule has 15 nitrogen and oxygen atoms in total. The lowest BCUT2D eigenvalue weighted by Gasteiger charge is -2.09. The average molecular weight is 797 g/mol. The van der Waals surface area contributed by atoms with E-state index in [1.54, 1.807) is 12.1 Å². The summed E-state index contributed by atoms with van der Waals surface area (Å²) in [5.41, 5.74) is 0.973. The molecule has 0 unspecified atom stereocenters. The Morgan fingerprint density at radius 2 is 0.759 bits per heavy atom. The summed E-state index contributed by atoms with van der Waals surface area (Å²) in [4.78, 5) is 11.8. The number of unbranched alkanes of at least 4 members (excludes halogenated alkanes) is 5. The summed E-state index contributed by atoms with van der Waals surface area (Å²) in [7, 11) is -3.78. The van der Waals surface area contributed by atoms with Gasteiger partial charge in [-0.3, -0.25) is 8.98 Å². The maximum absolute atomic E-state index is 12.1. The first-order chi connectivity index (χ1) is 26.5. The average Bonchev–Trinajstić information content (AvgIpc) is 3.16. The summed E-state index contributed by atoms with van der Waals surface area (Å²) < 4.78 is 88.8. The monoisotopic (exact) mass is 796 g/mol. The minimum Gasteiger partial charge on any atom is -0.463 e. The van der Waals surface area contributed by atoms with Crippen LogP contribution >= 0.6 is 0 Å². The molecular formula is C38H68O15S. The predicted molar refractivity (Wildman–Crippen MR) is 201 cm³/mol. The second-order valence-electron chi connectivity index (χ2n) is 12.0. The molecule has 1 aromatic rings. The van der Waals surface area contributed by atoms with Crippen LogP contribution in [0.25, 0.3) is 0 Å². The van der Waals surface area contributed by atoms with Crippen molar-refractivity contribution in [3.05, 3.63) is 29.8 Å². The van der Waals surface area contributed by atoms with Gasteiger partial charge in [-0.2, -0.15) is 8.42 Å². The number of hydrogen-bond donors (Lipinski definition) is 0. The highest BCUT2D eigenvalue weighted by Gasteiger charge is 2.14. The summed E-state index contributed by atoms with van der Waals surface area (Å²) in [5.74, 6) is -0.151. The molecule has 0 saturated heterocycles. The fraction of sp³-hybridized carbons (Fsp3) is 0.816. The van der Waals surface area contributed by atoms with Crippen molar-refractivity contribution >= 4 is 16.1 Å². The van der Waals surface area contributed by atoms with Crippen molar-refractivity contribution in [2.45, 2.75) is 63.7 Å². The van der Waals surface area contributed by atoms with Crippen LogP contribution in [-0.2, 0) is 71.2 Å². The standard InChI is InChI=1S/C38H68O15S/c1-3-4-5-6-7-8-9-38(39)52-34-32-50-30-28-48-26-24-46-22-20-44-18-16-42-14-15-43-17-19-45-21-23-47-25-27-49-29-31-51-33-35-53-54(40,41)37-12-10-36(2)11-13-37/h10-13H,3-9,14-35H2,1-2H3. The molecule has 0 amide bonds. The van der Waals surface area contributed by atoms with Crippen LogP contribution in [0.1, 0.15) is 57.4 Å². The largest absolute Gasteiger partial charge is 0.463 e. The highest BCUT2D eigenvalue weighted by Crippen LogP contribution is 2.13. The van der Waals surface area contributed by atoms with Crippen molar-refractivity contribution in [1.29, 1.82) is 0 Å². The second-order valence-corrected chi connectivity index (χ2v) is 13.6. The SMILES string of the molecule is CCCCCCCCC(=O)OCCOCCOCCOCCOCCOCCOCCOCCOCCOCCOCCOS(=O)(=O)c1ccc(C)cc1. The third-order valence-electron chi connectivity index (χ3n) is 7.35. The van der Waals surface area contributed by atoms with Crippen molar-refractivity contribution in [1.82, 2.24) is 0 Å². The molecule has 0 aliphatic carbocycles. The Morgan fingerprint density at radius 1 is 0.444 bits per heavy atom. The quantitative estimate of drug-likeness (QED) is 0.0527. The first kappa shape index (κ1) is 50.2. The van der Waals surface area contributed by atoms with Gasteiger partial charge in [0.1, 0.15) is 6.61 Å². The summed E-state index contributed by atoms with van der Waals surface area (Å²) in [6.45, 7) is 12.9. The molecule has 0 N–H and O–H groups in total. The lowest BCUT2D eigenvalue weighted by atomic mass is 10.1. The summed E-state index contributed by atoms with van der Waals surface area (Å²) in [6, 6.07) is 6.48. The zero-order valence-corrected chi connectivity index (χ0v) is 33.7. The number of rotatable bonds is 42. The number of benzene rings is 1. The zero-order chi connectivity index (χ0) is 39.1. The van der Waals surface area contributed by atoms with E-state index < -0.39 is 10.1 Å². The van der Waals surface area contributed by atoms with Crippen LogP contribution in [0.15, 0.2) is 29.2 Å². The molecule has 0 spiro atoms. The molecule has 16 heteroatoms. The van der Waals surface area contributed by atoms with Crippen LogP contribution in [0, 0.1) is 6.92 Å². The van der Waals surface area contributed by atoms with Gasteiger partial charge >= 0.3 is 5.97 Å². The number of carbonyl (C=O) groups excluding carboxylic acids is 1. The fourth-order valence-electron chi connectivity index (χ4n) is 4.39. The number of hydrogen-bond acceptors (Lipinski definition) is 15. The van der Waals surface area contributed by atoms with E-state index in [-0.39, 0.29) is 30.7 Å². The van der Waals surface area contributed by atoms with Crippen molar-refractivity contribution in [2.24, 2.45) is 0 Å². The minimum atomic E-state index is -3.78. The Labute approximate surface area is 323 Å². The Balaban J connectivity index is 1.67. The van der Waals surface area contributed by atoms with Gasteiger partial charge in [0.15, 0.2) is 0 Å². The van der Waals surface area contributed by atoms with Gasteiger partial charge in [-0.15, -0.1) is 0 Å². The Bertz CT molecular complexity index is 1060. The van der Waals surface area contributed by atoms with E-state index in [1.807, 2.05) is 6.92 Å². The van der Waals surface area contributed by atoms with E-state index in [9.17, 15) is 13.2 Å². The normalized spacial score (nSPS) is 11.7. The number of aryl methyl sites for hydroxylation is 1. The van der Waals surface area contributed by atoms with Gasteiger partial charge < -0.3 is 52.1 Å². The molecule has 0 atom stereocenters. The predicted octanol–water partition coefficient (Wildman–Crippen LogP) is 4.16. The molecule has 0 fully saturated rings. The number of esters is 1. The minimum absolute atomic E-state index is 0.0632. The second kappa shape index (κ2) is 38.1. The van der Waals surface area contributed by atoms with Gasteiger partial charge in [0.2, 0.25) is 0 Å². The molecule has 54 heavy (non-hydrogen) atoms. The van der Waals surface area contributed by atoms with Crippen molar-refractivity contribution in [2.75, 3.05) is 145 Å². The fourth-order valence-corrected chi connectivity index (χ4v) is 5.29. The Kier molecular flexibility index (Phi) is 35.4. The highest BCUT2D eigenvalue weighted by atomic mass is 32.2. The summed E-state index contributed by atoms with van der Waals surface area (Å²) in [6.07, 6.45) is 7.38. The van der Waals surface area contributed by atoms with Crippen LogP contribution in [-0.4, -0.2) is 160 Å². The van der Waals surface area contributed by atoms with E-state index in [1.165, 1.54) is 37.8 Å². The molecule has 0 aliphatic heterocycles. The van der Waals surface area contributed by atoms with E-state index in [0.717, 1.165) is 18.4 Å². The Morgan fingerprint density at radius 3 is 1.13 bits per heavy atom. The van der Waals surface area contributed by atoms with E-state index in [4.69, 9.17) is 56.3 Å². The molecule has 316 valence electrons. The molecule has 1 rings (SSSR count). The first-order valence-electron chi connectivity index (χ1n) is 19.3. The van der Waals surface area contributed by atoms with Gasteiger partial charge in [-0.1, -0.05) is 56.7 Å². The lowest BCUT2D eigenvalue weighted by molar-refractivity contribution is -0.145. The van der Waals surface area contributed by atoms with Gasteiger partial charge in [0, 0.05) is 6.42 Å². The third kappa shape index (κ3) is 33.5. The highest BCUT2D eigenvalue weighted by molar-refractivity contribution is 7.86. The third-order valence-corrected chi connectivity index (χ3v) is 8.68. The van der Waals surface area contributed by atoms with E-state index >= 15 is 0 Å². The van der Waals surface area contributed by atoms with Crippen LogP contribution < -0.4 is 0 Å². The molecule has 1 aromatic carbocycles. The molecule has 0 aromatic heterocycles. The van der Waals surface area contributed by atoms with Gasteiger partial charge in [-0.05, 0) is 25.5 Å². The maximum Gasteiger partial charge on any atom is 0.305 e. The van der Waals surface area contributed by atoms with Gasteiger partial charge in [0.05, 0.1) is 144 Å². The topological polar surface area (TPSA) is 162 Å². The molecule has 0 heterocycles. The lowest BCUT2D eigenvalue weighted by Crippen LogP contribution is -2.16. The van der Waals surface area contributed by atoms with Crippen molar-refractivity contribution in [3.63, 3.8) is 0 Å². The van der Waals surface area contributed by atoms with E-state index in [2.05, 4.69) is 6.92 Å². The van der Waals surface area contributed by atoms with Crippen LogP contribution in [0.5, 0.6) is 0 Å². The Hall–Kier alpha value is -1.80. The summed E-state index contributed by atoms with van der Waals surface area (Å²) in [5, 5.41) is 0. The molecule has 0 saturated carbocycles. The number of ether oxygens (including phenoxy) is 11. The van der Waals surface area contributed by atoms with E-state index in [0.29, 0.717) is 132 Å². The first-order valence-corrected chi connectivity index (χ1v) is 20.8. The molecule has 0 aliphatic rings. The van der Waals surface area contributed by atoms with Crippen LogP contribution in [0.3, 0.4) is 0 Å². The van der Waals surface area contributed by atoms with Gasteiger partial charge in [-0.25, -0.2) is 0 Å². The zero-order valence-electron chi connectivity index (χ0n) is 32.8. The summed E-state index contributed by atoms with van der Waals surface area (Å²) >= 11 is 0. The molecular weight excluding hydrogens is 728 g/mol. The maximum atomic E-state index is 12.1. The number of carbonyl (C=O) groups is 1. The van der Waals surface area contributed by atoms with Crippen molar-refractivity contribution < 1.29 is 69.5 Å². The van der Waals surface area contributed by atoms with Crippen LogP contribution in [0.2, 0.25) is 0 Å². The van der Waals surface area contributed by atoms with Crippen LogP contribution in [0.4, 0.5) is 0 Å². The van der Waals surface area contributed by atoms with Gasteiger partial charge in [0.25, 0.3) is 10.1 Å².